The van der Waals surface area contributed by atoms with Gasteiger partial charge in [-0.05, 0) is 50.4 Å². The van der Waals surface area contributed by atoms with E-state index in [-0.39, 0.29) is 12.2 Å². The topological polar surface area (TPSA) is 91.6 Å². The van der Waals surface area contributed by atoms with Gasteiger partial charge in [0.2, 0.25) is 0 Å². The van der Waals surface area contributed by atoms with E-state index in [1.807, 2.05) is 26.0 Å². The van der Waals surface area contributed by atoms with Crippen molar-refractivity contribution in [2.75, 3.05) is 19.7 Å². The molecule has 164 valence electrons. The molecule has 8 heteroatoms. The number of nitrogens with one attached hydrogen (secondary N) is 1. The van der Waals surface area contributed by atoms with Crippen molar-refractivity contribution in [2.24, 2.45) is 5.92 Å². The van der Waals surface area contributed by atoms with E-state index in [9.17, 15) is 9.90 Å². The Morgan fingerprint density at radius 1 is 1.37 bits per heavy atom. The van der Waals surface area contributed by atoms with Crippen LogP contribution in [0.1, 0.15) is 42.3 Å². The minimum atomic E-state index is -0.645. The van der Waals surface area contributed by atoms with Gasteiger partial charge in [-0.25, -0.2) is 4.98 Å². The molecule has 3 aromatic heterocycles. The summed E-state index contributed by atoms with van der Waals surface area (Å²) in [5, 5.41) is 11.2. The molecule has 0 amide bonds. The summed E-state index contributed by atoms with van der Waals surface area (Å²) in [5.74, 6) is 1.90. The van der Waals surface area contributed by atoms with Crippen molar-refractivity contribution in [3.63, 3.8) is 0 Å². The van der Waals surface area contributed by atoms with Crippen LogP contribution in [0, 0.1) is 19.8 Å². The molecule has 0 unspecified atom stereocenters. The number of ether oxygens (including phenoxy) is 1. The van der Waals surface area contributed by atoms with E-state index in [1.54, 1.807) is 17.6 Å². The summed E-state index contributed by atoms with van der Waals surface area (Å²) in [6, 6.07) is 3.65. The maximum atomic E-state index is 12.6. The second kappa shape index (κ2) is 10.3. The van der Waals surface area contributed by atoms with Crippen LogP contribution in [0.15, 0.2) is 27.6 Å². The molecule has 3 heterocycles. The van der Waals surface area contributed by atoms with Gasteiger partial charge in [-0.1, -0.05) is 13.8 Å². The predicted molar refractivity (Wildman–Crippen MR) is 119 cm³/mol. The van der Waals surface area contributed by atoms with Gasteiger partial charge in [0.05, 0.1) is 30.9 Å². The number of rotatable bonds is 11. The molecule has 0 radical (unpaired) electrons. The van der Waals surface area contributed by atoms with Gasteiger partial charge in [0.1, 0.15) is 23.0 Å². The lowest BCUT2D eigenvalue weighted by Gasteiger charge is -2.25. The molecule has 0 aromatic carbocycles. The summed E-state index contributed by atoms with van der Waals surface area (Å²) in [6.07, 6.45) is 1.95. The van der Waals surface area contributed by atoms with Crippen LogP contribution >= 0.6 is 11.3 Å². The molecule has 3 rings (SSSR count). The van der Waals surface area contributed by atoms with Gasteiger partial charge in [-0.15, -0.1) is 11.3 Å². The number of aromatic nitrogens is 2. The van der Waals surface area contributed by atoms with Gasteiger partial charge in [0.25, 0.3) is 5.56 Å². The summed E-state index contributed by atoms with van der Waals surface area (Å²) in [6.45, 7) is 10.6. The number of furan rings is 1. The van der Waals surface area contributed by atoms with Crippen molar-refractivity contribution < 1.29 is 14.3 Å². The first-order chi connectivity index (χ1) is 14.3. The number of aryl methyl sites for hydroxylation is 2. The van der Waals surface area contributed by atoms with Crippen LogP contribution in [-0.4, -0.2) is 45.8 Å². The largest absolute Gasteiger partial charge is 0.467 e. The van der Waals surface area contributed by atoms with Gasteiger partial charge >= 0.3 is 0 Å². The molecular formula is C22H31N3O4S. The molecule has 0 saturated heterocycles. The average Bonchev–Trinajstić information content (AvgIpc) is 3.28. The normalized spacial score (nSPS) is 13.0. The highest BCUT2D eigenvalue weighted by atomic mass is 32.1. The lowest BCUT2D eigenvalue weighted by atomic mass is 10.1. The maximum absolute atomic E-state index is 12.6. The molecule has 0 fully saturated rings. The summed E-state index contributed by atoms with van der Waals surface area (Å²) in [7, 11) is 0. The van der Waals surface area contributed by atoms with E-state index in [1.165, 1.54) is 0 Å². The molecule has 7 nitrogen and oxygen atoms in total. The van der Waals surface area contributed by atoms with Gasteiger partial charge in [-0.2, -0.15) is 0 Å². The highest BCUT2D eigenvalue weighted by molar-refractivity contribution is 7.18. The van der Waals surface area contributed by atoms with E-state index in [4.69, 9.17) is 9.15 Å². The van der Waals surface area contributed by atoms with Crippen molar-refractivity contribution >= 4 is 21.6 Å². The van der Waals surface area contributed by atoms with Crippen molar-refractivity contribution in [1.29, 1.82) is 0 Å². The monoisotopic (exact) mass is 433 g/mol. The fourth-order valence-corrected chi connectivity index (χ4v) is 4.35. The number of aliphatic hydroxyl groups excluding tert-OH is 1. The van der Waals surface area contributed by atoms with Crippen molar-refractivity contribution in [3.8, 4) is 0 Å². The highest BCUT2D eigenvalue weighted by Gasteiger charge is 2.17. The maximum Gasteiger partial charge on any atom is 0.259 e. The predicted octanol–water partition coefficient (Wildman–Crippen LogP) is 3.62. The number of nitrogens with zero attached hydrogens (tertiary/aromatic N) is 2. The molecule has 0 aliphatic heterocycles. The van der Waals surface area contributed by atoms with E-state index in [0.717, 1.165) is 34.0 Å². The lowest BCUT2D eigenvalue weighted by Crippen LogP contribution is -2.36. The molecular weight excluding hydrogens is 402 g/mol. The number of H-pyrrole nitrogens is 1. The van der Waals surface area contributed by atoms with Crippen LogP contribution in [0.4, 0.5) is 0 Å². The molecule has 1 atom stereocenters. The Morgan fingerprint density at radius 3 is 2.87 bits per heavy atom. The number of hydrogen-bond donors (Lipinski definition) is 2. The Labute approximate surface area is 180 Å². The third-order valence-electron chi connectivity index (χ3n) is 5.09. The SMILES string of the molecule is Cc1sc2nc(CN(CCC(C)C)C[C@@H](O)COCc3ccco3)[nH]c(=O)c2c1C. The van der Waals surface area contributed by atoms with Crippen LogP contribution in [0.5, 0.6) is 0 Å². The highest BCUT2D eigenvalue weighted by Crippen LogP contribution is 2.25. The summed E-state index contributed by atoms with van der Waals surface area (Å²) in [5.41, 5.74) is 0.902. The zero-order valence-electron chi connectivity index (χ0n) is 18.1. The van der Waals surface area contributed by atoms with Crippen LogP contribution in [0.25, 0.3) is 10.2 Å². The fraction of sp³-hybridized carbons (Fsp3) is 0.545. The zero-order chi connectivity index (χ0) is 21.7. The van der Waals surface area contributed by atoms with E-state index >= 15 is 0 Å². The van der Waals surface area contributed by atoms with Gasteiger partial charge in [0.15, 0.2) is 0 Å². The minimum absolute atomic E-state index is 0.0945. The van der Waals surface area contributed by atoms with Gasteiger partial charge in [-0.3, -0.25) is 9.69 Å². The van der Waals surface area contributed by atoms with E-state index in [0.29, 0.717) is 36.8 Å². The average molecular weight is 434 g/mol. The molecule has 0 aliphatic rings. The third kappa shape index (κ3) is 6.01. The Kier molecular flexibility index (Phi) is 7.82. The molecule has 0 aliphatic carbocycles. The Bertz CT molecular complexity index is 994. The minimum Gasteiger partial charge on any atom is -0.467 e. The van der Waals surface area contributed by atoms with Crippen molar-refractivity contribution in [2.45, 2.75) is 53.4 Å². The van der Waals surface area contributed by atoms with E-state index in [2.05, 4.69) is 28.7 Å². The van der Waals surface area contributed by atoms with Crippen LogP contribution in [0.3, 0.4) is 0 Å². The Hall–Kier alpha value is -2.00. The summed E-state index contributed by atoms with van der Waals surface area (Å²) < 4.78 is 10.8. The molecule has 30 heavy (non-hydrogen) atoms. The first-order valence-electron chi connectivity index (χ1n) is 10.3. The standard InChI is InChI=1S/C22H31N3O4S/c1-14(2)7-8-25(10-17(26)12-28-13-18-6-5-9-29-18)11-19-23-21(27)20-15(3)16(4)30-22(20)24-19/h5-6,9,14,17,26H,7-8,10-13H2,1-4H3,(H,23,24,27)/t17-/m1/s1. The lowest BCUT2D eigenvalue weighted by molar-refractivity contribution is 0.00291. The Balaban J connectivity index is 1.65. The number of fused-ring (bicyclic) bond motifs is 1. The smallest absolute Gasteiger partial charge is 0.259 e. The van der Waals surface area contributed by atoms with Crippen molar-refractivity contribution in [1.82, 2.24) is 14.9 Å². The molecule has 2 N–H and O–H groups in total. The zero-order valence-corrected chi connectivity index (χ0v) is 18.9. The van der Waals surface area contributed by atoms with Gasteiger partial charge in [0, 0.05) is 11.4 Å². The number of aromatic amines is 1. The third-order valence-corrected chi connectivity index (χ3v) is 6.19. The molecule has 0 saturated carbocycles. The second-order valence-electron chi connectivity index (χ2n) is 8.14. The first kappa shape index (κ1) is 22.7. The number of hydrogen-bond acceptors (Lipinski definition) is 7. The van der Waals surface area contributed by atoms with Gasteiger partial charge < -0.3 is 19.2 Å². The van der Waals surface area contributed by atoms with E-state index < -0.39 is 6.10 Å². The van der Waals surface area contributed by atoms with Crippen molar-refractivity contribution in [3.05, 3.63) is 50.8 Å². The summed E-state index contributed by atoms with van der Waals surface area (Å²) in [4.78, 5) is 24.2. The quantitative estimate of drug-likeness (QED) is 0.480. The van der Waals surface area contributed by atoms with Crippen LogP contribution in [0.2, 0.25) is 0 Å². The van der Waals surface area contributed by atoms with Crippen LogP contribution < -0.4 is 5.56 Å². The molecule has 3 aromatic rings. The first-order valence-corrected chi connectivity index (χ1v) is 11.1. The fourth-order valence-electron chi connectivity index (χ4n) is 3.30. The van der Waals surface area contributed by atoms with Crippen LogP contribution in [-0.2, 0) is 17.9 Å². The number of aliphatic hydroxyl groups is 1. The molecule has 0 spiro atoms. The second-order valence-corrected chi connectivity index (χ2v) is 9.35. The summed E-state index contributed by atoms with van der Waals surface area (Å²) >= 11 is 1.55. The Morgan fingerprint density at radius 2 is 2.17 bits per heavy atom. The number of thiophene rings is 1. The molecule has 0 bridgehead atoms.